The fourth-order valence-corrected chi connectivity index (χ4v) is 1.50. The number of ether oxygens (including phenoxy) is 1. The van der Waals surface area contributed by atoms with E-state index >= 15 is 0 Å². The van der Waals surface area contributed by atoms with Crippen molar-refractivity contribution in [2.24, 2.45) is 0 Å². The molecule has 0 bridgehead atoms. The van der Waals surface area contributed by atoms with E-state index in [0.717, 1.165) is 25.1 Å². The standard InChI is InChI=1S/C11H19NO2/c1-3-9(2)6-11(13)7-10-8-14-5-4-12-10/h10,12H,2-8H2,1H3. The zero-order chi connectivity index (χ0) is 10.4. The SMILES string of the molecule is C=C(CC)CC(=O)CC1COCCN1. The molecule has 1 unspecified atom stereocenters. The molecular weight excluding hydrogens is 178 g/mol. The van der Waals surface area contributed by atoms with Crippen LogP contribution in [0, 0.1) is 0 Å². The van der Waals surface area contributed by atoms with Gasteiger partial charge in [-0.05, 0) is 6.42 Å². The molecule has 0 amide bonds. The smallest absolute Gasteiger partial charge is 0.138 e. The van der Waals surface area contributed by atoms with Crippen LogP contribution in [-0.2, 0) is 9.53 Å². The molecule has 1 aliphatic heterocycles. The van der Waals surface area contributed by atoms with Gasteiger partial charge in [0.1, 0.15) is 5.78 Å². The van der Waals surface area contributed by atoms with Gasteiger partial charge in [-0.15, -0.1) is 0 Å². The number of allylic oxidation sites excluding steroid dienone is 1. The van der Waals surface area contributed by atoms with E-state index in [2.05, 4.69) is 11.9 Å². The van der Waals surface area contributed by atoms with Crippen molar-refractivity contribution in [3.8, 4) is 0 Å². The highest BCUT2D eigenvalue weighted by molar-refractivity contribution is 5.81. The van der Waals surface area contributed by atoms with Crippen molar-refractivity contribution in [3.63, 3.8) is 0 Å². The molecule has 3 nitrogen and oxygen atoms in total. The molecule has 1 fully saturated rings. The molecule has 1 heterocycles. The number of carbonyl (C=O) groups excluding carboxylic acids is 1. The number of hydrogen-bond acceptors (Lipinski definition) is 3. The Balaban J connectivity index is 2.21. The van der Waals surface area contributed by atoms with Crippen LogP contribution in [0.25, 0.3) is 0 Å². The van der Waals surface area contributed by atoms with E-state index in [0.29, 0.717) is 19.4 Å². The first-order valence-electron chi connectivity index (χ1n) is 5.22. The summed E-state index contributed by atoms with van der Waals surface area (Å²) < 4.78 is 5.28. The number of Topliss-reactive ketones (excluding diaryl/α,β-unsaturated/α-hetero) is 1. The van der Waals surface area contributed by atoms with Crippen LogP contribution >= 0.6 is 0 Å². The van der Waals surface area contributed by atoms with Gasteiger partial charge in [0.25, 0.3) is 0 Å². The Morgan fingerprint density at radius 3 is 3.00 bits per heavy atom. The fourth-order valence-electron chi connectivity index (χ4n) is 1.50. The van der Waals surface area contributed by atoms with E-state index in [9.17, 15) is 4.79 Å². The molecule has 0 aromatic carbocycles. The predicted octanol–water partition coefficient (Wildman–Crippen LogP) is 1.29. The number of carbonyl (C=O) groups is 1. The van der Waals surface area contributed by atoms with Gasteiger partial charge in [0.2, 0.25) is 0 Å². The number of hydrogen-bond donors (Lipinski definition) is 1. The van der Waals surface area contributed by atoms with Gasteiger partial charge in [-0.1, -0.05) is 19.1 Å². The minimum absolute atomic E-state index is 0.209. The summed E-state index contributed by atoms with van der Waals surface area (Å²) >= 11 is 0. The normalized spacial score (nSPS) is 21.9. The average molecular weight is 197 g/mol. The number of morpholine rings is 1. The lowest BCUT2D eigenvalue weighted by atomic mass is 10.0. The first-order valence-corrected chi connectivity index (χ1v) is 5.22. The Kier molecular flexibility index (Phi) is 4.84. The van der Waals surface area contributed by atoms with Crippen LogP contribution in [0.1, 0.15) is 26.2 Å². The van der Waals surface area contributed by atoms with Crippen LogP contribution in [0.15, 0.2) is 12.2 Å². The molecule has 14 heavy (non-hydrogen) atoms. The summed E-state index contributed by atoms with van der Waals surface area (Å²) in [5.74, 6) is 0.264. The molecular formula is C11H19NO2. The molecule has 0 radical (unpaired) electrons. The van der Waals surface area contributed by atoms with E-state index in [1.165, 1.54) is 0 Å². The van der Waals surface area contributed by atoms with Crippen LogP contribution in [0.4, 0.5) is 0 Å². The van der Waals surface area contributed by atoms with Crippen molar-refractivity contribution in [2.75, 3.05) is 19.8 Å². The molecule has 0 spiro atoms. The summed E-state index contributed by atoms with van der Waals surface area (Å²) in [5.41, 5.74) is 1.02. The third-order valence-electron chi connectivity index (χ3n) is 2.42. The lowest BCUT2D eigenvalue weighted by Crippen LogP contribution is -2.42. The second kappa shape index (κ2) is 5.94. The van der Waals surface area contributed by atoms with Crippen molar-refractivity contribution < 1.29 is 9.53 Å². The molecule has 1 atom stereocenters. The summed E-state index contributed by atoms with van der Waals surface area (Å²) in [6.07, 6.45) is 1.98. The number of ketones is 1. The van der Waals surface area contributed by atoms with E-state index in [1.54, 1.807) is 0 Å². The largest absolute Gasteiger partial charge is 0.379 e. The maximum absolute atomic E-state index is 11.5. The summed E-state index contributed by atoms with van der Waals surface area (Å²) in [7, 11) is 0. The molecule has 80 valence electrons. The van der Waals surface area contributed by atoms with E-state index in [1.807, 2.05) is 6.92 Å². The van der Waals surface area contributed by atoms with Gasteiger partial charge in [0.15, 0.2) is 0 Å². The zero-order valence-corrected chi connectivity index (χ0v) is 8.84. The van der Waals surface area contributed by atoms with Gasteiger partial charge in [-0.25, -0.2) is 0 Å². The van der Waals surface area contributed by atoms with E-state index in [4.69, 9.17) is 4.74 Å². The second-order valence-corrected chi connectivity index (χ2v) is 3.75. The highest BCUT2D eigenvalue weighted by atomic mass is 16.5. The van der Waals surface area contributed by atoms with Crippen LogP contribution in [-0.4, -0.2) is 31.6 Å². The molecule has 0 aliphatic carbocycles. The Morgan fingerprint density at radius 1 is 1.64 bits per heavy atom. The van der Waals surface area contributed by atoms with Crippen LogP contribution < -0.4 is 5.32 Å². The van der Waals surface area contributed by atoms with E-state index in [-0.39, 0.29) is 11.8 Å². The van der Waals surface area contributed by atoms with Gasteiger partial charge < -0.3 is 10.1 Å². The zero-order valence-electron chi connectivity index (χ0n) is 8.84. The minimum Gasteiger partial charge on any atom is -0.379 e. The molecule has 1 rings (SSSR count). The fraction of sp³-hybridized carbons (Fsp3) is 0.727. The van der Waals surface area contributed by atoms with Crippen LogP contribution in [0.2, 0.25) is 0 Å². The van der Waals surface area contributed by atoms with Gasteiger partial charge >= 0.3 is 0 Å². The Hall–Kier alpha value is -0.670. The van der Waals surface area contributed by atoms with Crippen molar-refractivity contribution in [1.82, 2.24) is 5.32 Å². The van der Waals surface area contributed by atoms with Gasteiger partial charge in [-0.3, -0.25) is 4.79 Å². The second-order valence-electron chi connectivity index (χ2n) is 3.75. The van der Waals surface area contributed by atoms with Crippen molar-refractivity contribution in [2.45, 2.75) is 32.2 Å². The summed E-state index contributed by atoms with van der Waals surface area (Å²) in [5, 5.41) is 3.27. The number of nitrogens with one attached hydrogen (secondary N) is 1. The third kappa shape index (κ3) is 4.03. The number of rotatable bonds is 5. The molecule has 0 aromatic heterocycles. The molecule has 0 aromatic rings. The Bertz CT molecular complexity index is 207. The Labute approximate surface area is 85.5 Å². The maximum atomic E-state index is 11.5. The van der Waals surface area contributed by atoms with E-state index < -0.39 is 0 Å². The summed E-state index contributed by atoms with van der Waals surface area (Å²) in [6.45, 7) is 8.13. The highest BCUT2D eigenvalue weighted by Gasteiger charge is 2.16. The van der Waals surface area contributed by atoms with Crippen molar-refractivity contribution in [1.29, 1.82) is 0 Å². The maximum Gasteiger partial charge on any atom is 0.138 e. The lowest BCUT2D eigenvalue weighted by Gasteiger charge is -2.23. The topological polar surface area (TPSA) is 38.3 Å². The first kappa shape index (κ1) is 11.4. The third-order valence-corrected chi connectivity index (χ3v) is 2.42. The molecule has 0 saturated carbocycles. The van der Waals surface area contributed by atoms with Gasteiger partial charge in [0.05, 0.1) is 13.2 Å². The predicted molar refractivity (Wildman–Crippen MR) is 56.3 cm³/mol. The molecule has 1 N–H and O–H groups in total. The molecule has 3 heteroatoms. The summed E-state index contributed by atoms with van der Waals surface area (Å²) in [6, 6.07) is 0.209. The van der Waals surface area contributed by atoms with Gasteiger partial charge in [-0.2, -0.15) is 0 Å². The van der Waals surface area contributed by atoms with Crippen molar-refractivity contribution >= 4 is 5.78 Å². The van der Waals surface area contributed by atoms with Crippen LogP contribution in [0.5, 0.6) is 0 Å². The van der Waals surface area contributed by atoms with Crippen molar-refractivity contribution in [3.05, 3.63) is 12.2 Å². The molecule has 1 aliphatic rings. The van der Waals surface area contributed by atoms with Gasteiger partial charge in [0, 0.05) is 25.4 Å². The lowest BCUT2D eigenvalue weighted by molar-refractivity contribution is -0.119. The monoisotopic (exact) mass is 197 g/mol. The Morgan fingerprint density at radius 2 is 2.43 bits per heavy atom. The average Bonchev–Trinajstić information content (AvgIpc) is 2.19. The minimum atomic E-state index is 0.209. The van der Waals surface area contributed by atoms with Crippen LogP contribution in [0.3, 0.4) is 0 Å². The highest BCUT2D eigenvalue weighted by Crippen LogP contribution is 2.08. The summed E-state index contributed by atoms with van der Waals surface area (Å²) in [4.78, 5) is 11.5. The quantitative estimate of drug-likeness (QED) is 0.675. The first-order chi connectivity index (χ1) is 6.72. The molecule has 1 saturated heterocycles.